The molecule has 3 unspecified atom stereocenters. The van der Waals surface area contributed by atoms with E-state index in [4.69, 9.17) is 23.3 Å². The lowest BCUT2D eigenvalue weighted by atomic mass is 10.0. The number of allylic oxidation sites excluding steroid dienone is 2. The van der Waals surface area contributed by atoms with Gasteiger partial charge in [-0.2, -0.15) is 0 Å². The van der Waals surface area contributed by atoms with Crippen LogP contribution in [0, 0.1) is 0 Å². The van der Waals surface area contributed by atoms with Gasteiger partial charge in [-0.3, -0.25) is 23.4 Å². The van der Waals surface area contributed by atoms with Crippen LogP contribution >= 0.6 is 7.82 Å². The van der Waals surface area contributed by atoms with Crippen LogP contribution in [0.3, 0.4) is 0 Å². The zero-order chi connectivity index (χ0) is 49.9. The van der Waals surface area contributed by atoms with E-state index in [-0.39, 0.29) is 25.9 Å². The molecule has 0 saturated heterocycles. The molecule has 0 bridgehead atoms. The third-order valence-corrected chi connectivity index (χ3v) is 13.6. The van der Waals surface area contributed by atoms with E-state index in [0.29, 0.717) is 19.3 Å². The highest BCUT2D eigenvalue weighted by Crippen LogP contribution is 2.43. The molecule has 0 saturated carbocycles. The van der Waals surface area contributed by atoms with Gasteiger partial charge >= 0.3 is 25.7 Å². The highest BCUT2D eigenvalue weighted by atomic mass is 31.2. The molecule has 12 heteroatoms. The van der Waals surface area contributed by atoms with Gasteiger partial charge in [-0.25, -0.2) is 4.57 Å². The minimum absolute atomic E-state index is 0.174. The van der Waals surface area contributed by atoms with Crippen molar-refractivity contribution in [2.75, 3.05) is 26.4 Å². The minimum atomic E-state index is -4.73. The standard InChI is InChI=1S/C56H107O11P/c1-4-7-10-13-16-19-22-24-25-26-27-29-32-35-38-41-44-47-56(60)67-53(49-63-54(58)45-42-39-36-33-31-28-23-20-17-14-11-8-5-2)51-65-68(61,62)64-50-52(48-57)66-55(59)46-43-40-37-34-30-21-18-15-12-9-6-3/h20,23,52-53,57H,4-19,21-22,24-51H2,1-3H3,(H,61,62)/b23-20-. The van der Waals surface area contributed by atoms with Gasteiger partial charge in [-0.15, -0.1) is 0 Å². The second-order valence-electron chi connectivity index (χ2n) is 19.5. The molecule has 0 fully saturated rings. The molecule has 0 aromatic carbocycles. The van der Waals surface area contributed by atoms with Crippen molar-refractivity contribution in [1.82, 2.24) is 0 Å². The van der Waals surface area contributed by atoms with Crippen LogP contribution in [-0.4, -0.2) is 66.5 Å². The first-order valence-corrected chi connectivity index (χ1v) is 30.1. The predicted octanol–water partition coefficient (Wildman–Crippen LogP) is 16.5. The molecule has 0 aliphatic carbocycles. The van der Waals surface area contributed by atoms with Crippen molar-refractivity contribution in [1.29, 1.82) is 0 Å². The zero-order valence-electron chi connectivity index (χ0n) is 44.4. The molecule has 0 aliphatic rings. The van der Waals surface area contributed by atoms with E-state index in [9.17, 15) is 28.9 Å². The van der Waals surface area contributed by atoms with Gasteiger partial charge in [-0.05, 0) is 44.9 Å². The molecule has 68 heavy (non-hydrogen) atoms. The minimum Gasteiger partial charge on any atom is -0.462 e. The van der Waals surface area contributed by atoms with Crippen molar-refractivity contribution >= 4 is 25.7 Å². The number of phosphoric ester groups is 1. The maximum atomic E-state index is 12.9. The average molecular weight is 987 g/mol. The van der Waals surface area contributed by atoms with Crippen LogP contribution in [0.4, 0.5) is 0 Å². The summed E-state index contributed by atoms with van der Waals surface area (Å²) in [5.41, 5.74) is 0. The summed E-state index contributed by atoms with van der Waals surface area (Å²) in [6.07, 6.45) is 48.8. The first-order chi connectivity index (χ1) is 33.2. The molecule has 0 amide bonds. The number of ether oxygens (including phenoxy) is 3. The highest BCUT2D eigenvalue weighted by molar-refractivity contribution is 7.47. The van der Waals surface area contributed by atoms with Gasteiger partial charge in [0.1, 0.15) is 12.7 Å². The number of phosphoric acid groups is 1. The van der Waals surface area contributed by atoms with Gasteiger partial charge in [0.25, 0.3) is 0 Å². The summed E-state index contributed by atoms with van der Waals surface area (Å²) in [5.74, 6) is -1.45. The molecule has 11 nitrogen and oxygen atoms in total. The van der Waals surface area contributed by atoms with E-state index in [2.05, 4.69) is 32.9 Å². The maximum absolute atomic E-state index is 12.9. The topological polar surface area (TPSA) is 155 Å². The summed E-state index contributed by atoms with van der Waals surface area (Å²) in [5, 5.41) is 9.78. The number of hydrogen-bond acceptors (Lipinski definition) is 10. The summed E-state index contributed by atoms with van der Waals surface area (Å²) in [6.45, 7) is 4.66. The fourth-order valence-corrected chi connectivity index (χ4v) is 9.08. The molecule has 3 atom stereocenters. The Morgan fingerprint density at radius 2 is 0.676 bits per heavy atom. The lowest BCUT2D eigenvalue weighted by molar-refractivity contribution is -0.161. The van der Waals surface area contributed by atoms with Gasteiger partial charge in [0, 0.05) is 19.3 Å². The van der Waals surface area contributed by atoms with Crippen LogP contribution in [0.2, 0.25) is 0 Å². The monoisotopic (exact) mass is 987 g/mol. The number of carbonyl (C=O) groups is 3. The second-order valence-corrected chi connectivity index (χ2v) is 20.9. The molecule has 0 aromatic rings. The van der Waals surface area contributed by atoms with E-state index >= 15 is 0 Å². The van der Waals surface area contributed by atoms with Crippen LogP contribution in [0.25, 0.3) is 0 Å². The number of rotatable bonds is 54. The third-order valence-electron chi connectivity index (χ3n) is 12.7. The molecule has 0 rings (SSSR count). The summed E-state index contributed by atoms with van der Waals surface area (Å²) >= 11 is 0. The molecule has 2 N–H and O–H groups in total. The molecule has 402 valence electrons. The highest BCUT2D eigenvalue weighted by Gasteiger charge is 2.28. The lowest BCUT2D eigenvalue weighted by Gasteiger charge is -2.21. The summed E-state index contributed by atoms with van der Waals surface area (Å²) in [6, 6.07) is 0. The number of unbranched alkanes of at least 4 members (excludes halogenated alkanes) is 35. The van der Waals surface area contributed by atoms with Crippen molar-refractivity contribution in [3.63, 3.8) is 0 Å². The Balaban J connectivity index is 4.68. The van der Waals surface area contributed by atoms with Crippen molar-refractivity contribution in [3.8, 4) is 0 Å². The first kappa shape index (κ1) is 66.2. The Morgan fingerprint density at radius 3 is 1.03 bits per heavy atom. The Hall–Kier alpha value is -1.78. The van der Waals surface area contributed by atoms with Gasteiger partial charge in [0.15, 0.2) is 6.10 Å². The van der Waals surface area contributed by atoms with Crippen LogP contribution in [0.5, 0.6) is 0 Å². The van der Waals surface area contributed by atoms with Gasteiger partial charge < -0.3 is 24.2 Å². The predicted molar refractivity (Wildman–Crippen MR) is 280 cm³/mol. The normalized spacial score (nSPS) is 13.4. The third kappa shape index (κ3) is 49.2. The summed E-state index contributed by atoms with van der Waals surface area (Å²) < 4.78 is 39.5. The molecule has 0 spiro atoms. The molecular weight excluding hydrogens is 880 g/mol. The smallest absolute Gasteiger partial charge is 0.462 e. The van der Waals surface area contributed by atoms with Gasteiger partial charge in [-0.1, -0.05) is 238 Å². The quantitative estimate of drug-likeness (QED) is 0.0197. The fourth-order valence-electron chi connectivity index (χ4n) is 8.29. The molecule has 0 heterocycles. The number of hydrogen-bond donors (Lipinski definition) is 2. The van der Waals surface area contributed by atoms with E-state index in [1.807, 2.05) is 0 Å². The lowest BCUT2D eigenvalue weighted by Crippen LogP contribution is -2.30. The number of aliphatic hydroxyl groups excluding tert-OH is 1. The fraction of sp³-hybridized carbons (Fsp3) is 0.911. The van der Waals surface area contributed by atoms with Gasteiger partial charge in [0.2, 0.25) is 0 Å². The van der Waals surface area contributed by atoms with Crippen molar-refractivity contribution in [3.05, 3.63) is 12.2 Å². The van der Waals surface area contributed by atoms with Crippen LogP contribution in [-0.2, 0) is 42.2 Å². The van der Waals surface area contributed by atoms with Gasteiger partial charge in [0.05, 0.1) is 19.8 Å². The van der Waals surface area contributed by atoms with Crippen molar-refractivity contribution in [2.24, 2.45) is 0 Å². The van der Waals surface area contributed by atoms with Crippen molar-refractivity contribution in [2.45, 2.75) is 303 Å². The van der Waals surface area contributed by atoms with Crippen molar-refractivity contribution < 1.29 is 52.2 Å². The van der Waals surface area contributed by atoms with Crippen LogP contribution < -0.4 is 0 Å². The SMILES string of the molecule is CCCCCC/C=C\CCCCCCCC(=O)OCC(COP(=O)(O)OCC(CO)OC(=O)CCCCCCCCCCCCC)OC(=O)CCCCCCCCCCCCCCCCCCC. The van der Waals surface area contributed by atoms with Crippen LogP contribution in [0.1, 0.15) is 290 Å². The Kier molecular flexibility index (Phi) is 50.2. The average Bonchev–Trinajstić information content (AvgIpc) is 3.32. The summed E-state index contributed by atoms with van der Waals surface area (Å²) in [7, 11) is -4.73. The number of esters is 3. The Morgan fingerprint density at radius 1 is 0.397 bits per heavy atom. The van der Waals surface area contributed by atoms with E-state index < -0.39 is 57.8 Å². The molecule has 0 aliphatic heterocycles. The molecule has 0 aromatic heterocycles. The van der Waals surface area contributed by atoms with E-state index in [1.165, 1.54) is 154 Å². The number of carbonyl (C=O) groups excluding carboxylic acids is 3. The molecule has 0 radical (unpaired) electrons. The largest absolute Gasteiger partial charge is 0.472 e. The first-order valence-electron chi connectivity index (χ1n) is 28.6. The second kappa shape index (κ2) is 51.6. The van der Waals surface area contributed by atoms with E-state index in [0.717, 1.165) is 77.0 Å². The molecular formula is C56H107O11P. The van der Waals surface area contributed by atoms with E-state index in [1.54, 1.807) is 0 Å². The summed E-state index contributed by atoms with van der Waals surface area (Å²) in [4.78, 5) is 48.4. The zero-order valence-corrected chi connectivity index (χ0v) is 45.2. The number of aliphatic hydroxyl groups is 1. The maximum Gasteiger partial charge on any atom is 0.472 e. The Bertz CT molecular complexity index is 1200. The Labute approximate surface area is 417 Å². The van der Waals surface area contributed by atoms with Crippen LogP contribution in [0.15, 0.2) is 12.2 Å².